The van der Waals surface area contributed by atoms with E-state index in [4.69, 9.17) is 11.0 Å². The van der Waals surface area contributed by atoms with Crippen molar-refractivity contribution in [3.05, 3.63) is 36.0 Å². The van der Waals surface area contributed by atoms with Gasteiger partial charge < -0.3 is 15.6 Å². The number of hydrogen-bond acceptors (Lipinski definition) is 6. The molecule has 1 heterocycles. The second kappa shape index (κ2) is 4.99. The van der Waals surface area contributed by atoms with Gasteiger partial charge in [0.05, 0.1) is 11.3 Å². The average Bonchev–Trinajstić information content (AvgIpc) is 2.84. The summed E-state index contributed by atoms with van der Waals surface area (Å²) in [6.45, 7) is 0.623. The van der Waals surface area contributed by atoms with Gasteiger partial charge in [-0.2, -0.15) is 10.2 Å². The van der Waals surface area contributed by atoms with Crippen LogP contribution >= 0.6 is 0 Å². The topological polar surface area (TPSA) is 101 Å². The van der Waals surface area contributed by atoms with Crippen LogP contribution in [0.25, 0.3) is 0 Å². The van der Waals surface area contributed by atoms with Crippen molar-refractivity contribution in [2.24, 2.45) is 0 Å². The molecule has 0 atom stereocenters. The number of nitrogens with two attached hydrogens (primary N) is 1. The molecule has 1 aromatic carbocycles. The first-order valence-electron chi connectivity index (χ1n) is 5.08. The molecule has 2 rings (SSSR count). The van der Waals surface area contributed by atoms with Gasteiger partial charge in [-0.25, -0.2) is 0 Å². The number of nitriles is 1. The fourth-order valence-corrected chi connectivity index (χ4v) is 1.42. The minimum absolute atomic E-state index is 0.526. The summed E-state index contributed by atoms with van der Waals surface area (Å²) in [5, 5.41) is 15.8. The maximum absolute atomic E-state index is 8.94. The summed E-state index contributed by atoms with van der Waals surface area (Å²) in [7, 11) is 0. The van der Waals surface area contributed by atoms with Crippen LogP contribution in [0, 0.1) is 11.3 Å². The fourth-order valence-electron chi connectivity index (χ4n) is 1.42. The van der Waals surface area contributed by atoms with Gasteiger partial charge in [-0.05, 0) is 18.2 Å². The normalized spacial score (nSPS) is 9.82. The zero-order valence-electron chi connectivity index (χ0n) is 9.05. The molecule has 0 radical (unpaired) electrons. The molecule has 6 nitrogen and oxygen atoms in total. The van der Waals surface area contributed by atoms with Gasteiger partial charge in [0.15, 0.2) is 5.82 Å². The van der Waals surface area contributed by atoms with Crippen molar-refractivity contribution in [1.82, 2.24) is 10.1 Å². The molecule has 0 aliphatic heterocycles. The average molecular weight is 229 g/mol. The second-order valence-electron chi connectivity index (χ2n) is 3.44. The van der Waals surface area contributed by atoms with E-state index >= 15 is 0 Å². The third-order valence-electron chi connectivity index (χ3n) is 2.24. The number of nitrogens with one attached hydrogen (secondary N) is 1. The predicted molar refractivity (Wildman–Crippen MR) is 62.1 cm³/mol. The molecular formula is C11H11N5O. The summed E-state index contributed by atoms with van der Waals surface area (Å²) in [5.41, 5.74) is 7.45. The van der Waals surface area contributed by atoms with Crippen molar-refractivity contribution in [3.8, 4) is 6.07 Å². The van der Waals surface area contributed by atoms with Crippen LogP contribution in [0.15, 0.2) is 29.1 Å². The number of hydrogen-bond donors (Lipinski definition) is 2. The lowest BCUT2D eigenvalue weighted by Gasteiger charge is -2.07. The van der Waals surface area contributed by atoms with Crippen LogP contribution in [0.3, 0.4) is 0 Å². The van der Waals surface area contributed by atoms with Gasteiger partial charge in [-0.3, -0.25) is 0 Å². The van der Waals surface area contributed by atoms with Gasteiger partial charge in [0, 0.05) is 18.7 Å². The van der Waals surface area contributed by atoms with Crippen LogP contribution in [0.4, 0.5) is 11.4 Å². The molecule has 0 fully saturated rings. The molecule has 3 N–H and O–H groups in total. The molecule has 0 aliphatic rings. The van der Waals surface area contributed by atoms with Crippen molar-refractivity contribution < 1.29 is 4.52 Å². The van der Waals surface area contributed by atoms with Crippen molar-refractivity contribution in [2.75, 3.05) is 17.6 Å². The highest BCUT2D eigenvalue weighted by molar-refractivity contribution is 5.62. The van der Waals surface area contributed by atoms with Gasteiger partial charge in [0.2, 0.25) is 6.39 Å². The Labute approximate surface area is 98.1 Å². The highest BCUT2D eigenvalue weighted by Crippen LogP contribution is 2.17. The highest BCUT2D eigenvalue weighted by Gasteiger charge is 2.03. The van der Waals surface area contributed by atoms with Gasteiger partial charge in [0.25, 0.3) is 0 Å². The lowest BCUT2D eigenvalue weighted by atomic mass is 10.1. The summed E-state index contributed by atoms with van der Waals surface area (Å²) in [6.07, 6.45) is 1.92. The SMILES string of the molecule is N#Cc1cc(N)ccc1NCCc1ncon1. The third kappa shape index (κ3) is 2.72. The Morgan fingerprint density at radius 1 is 1.47 bits per heavy atom. The number of aromatic nitrogens is 2. The molecule has 2 aromatic rings. The van der Waals surface area contributed by atoms with E-state index in [0.29, 0.717) is 30.0 Å². The summed E-state index contributed by atoms with van der Waals surface area (Å²) in [4.78, 5) is 3.90. The number of nitrogen functional groups attached to an aromatic ring is 1. The molecule has 0 saturated heterocycles. The smallest absolute Gasteiger partial charge is 0.213 e. The molecule has 6 heteroatoms. The van der Waals surface area contributed by atoms with Crippen molar-refractivity contribution in [3.63, 3.8) is 0 Å². The lowest BCUT2D eigenvalue weighted by molar-refractivity contribution is 0.410. The van der Waals surface area contributed by atoms with Crippen LogP contribution < -0.4 is 11.1 Å². The Bertz CT molecular complexity index is 529. The van der Waals surface area contributed by atoms with Crippen molar-refractivity contribution in [1.29, 1.82) is 5.26 Å². The largest absolute Gasteiger partial charge is 0.399 e. The Hall–Kier alpha value is -2.55. The Balaban J connectivity index is 1.97. The number of rotatable bonds is 4. The van der Waals surface area contributed by atoms with Crippen molar-refractivity contribution in [2.45, 2.75) is 6.42 Å². The molecule has 0 aliphatic carbocycles. The fraction of sp³-hybridized carbons (Fsp3) is 0.182. The summed E-state index contributed by atoms with van der Waals surface area (Å²) in [6, 6.07) is 7.25. The Morgan fingerprint density at radius 3 is 3.06 bits per heavy atom. The van der Waals surface area contributed by atoms with Gasteiger partial charge >= 0.3 is 0 Å². The minimum atomic E-state index is 0.526. The summed E-state index contributed by atoms with van der Waals surface area (Å²) in [5.74, 6) is 0.631. The lowest BCUT2D eigenvalue weighted by Crippen LogP contribution is -2.07. The van der Waals surface area contributed by atoms with Crippen LogP contribution in [-0.4, -0.2) is 16.7 Å². The first kappa shape index (κ1) is 11.0. The van der Waals surface area contributed by atoms with Gasteiger partial charge in [-0.15, -0.1) is 0 Å². The minimum Gasteiger partial charge on any atom is -0.399 e. The zero-order valence-corrected chi connectivity index (χ0v) is 9.05. The zero-order chi connectivity index (χ0) is 12.1. The van der Waals surface area contributed by atoms with E-state index in [0.717, 1.165) is 5.69 Å². The molecule has 0 unspecified atom stereocenters. The third-order valence-corrected chi connectivity index (χ3v) is 2.24. The molecule has 0 amide bonds. The molecule has 0 bridgehead atoms. The maximum Gasteiger partial charge on any atom is 0.213 e. The van der Waals surface area contributed by atoms with E-state index in [9.17, 15) is 0 Å². The monoisotopic (exact) mass is 229 g/mol. The standard InChI is InChI=1S/C11H11N5O/c12-6-8-5-9(13)1-2-10(8)14-4-3-11-15-7-17-16-11/h1-2,5,7,14H,3-4,13H2. The molecule has 0 spiro atoms. The quantitative estimate of drug-likeness (QED) is 0.763. The highest BCUT2D eigenvalue weighted by atomic mass is 16.5. The second-order valence-corrected chi connectivity index (χ2v) is 3.44. The number of anilines is 2. The number of benzene rings is 1. The maximum atomic E-state index is 8.94. The van der Waals surface area contributed by atoms with Crippen LogP contribution in [0.2, 0.25) is 0 Å². The van der Waals surface area contributed by atoms with Crippen LogP contribution in [0.5, 0.6) is 0 Å². The van der Waals surface area contributed by atoms with Crippen LogP contribution in [0.1, 0.15) is 11.4 Å². The van der Waals surface area contributed by atoms with Crippen molar-refractivity contribution >= 4 is 11.4 Å². The molecule has 1 aromatic heterocycles. The molecule has 0 saturated carbocycles. The van der Waals surface area contributed by atoms with Gasteiger partial charge in [0.1, 0.15) is 6.07 Å². The predicted octanol–water partition coefficient (Wildman–Crippen LogP) is 1.18. The van der Waals surface area contributed by atoms with Crippen LogP contribution in [-0.2, 0) is 6.42 Å². The van der Waals surface area contributed by atoms with E-state index < -0.39 is 0 Å². The van der Waals surface area contributed by atoms with Gasteiger partial charge in [-0.1, -0.05) is 5.16 Å². The van der Waals surface area contributed by atoms with E-state index in [2.05, 4.69) is 26.0 Å². The summed E-state index contributed by atoms with van der Waals surface area (Å²) < 4.78 is 4.62. The van der Waals surface area contributed by atoms with E-state index in [1.165, 1.54) is 6.39 Å². The van der Waals surface area contributed by atoms with E-state index in [-0.39, 0.29) is 0 Å². The Morgan fingerprint density at radius 2 is 2.35 bits per heavy atom. The Kier molecular flexibility index (Phi) is 3.21. The first-order chi connectivity index (χ1) is 8.29. The molecule has 17 heavy (non-hydrogen) atoms. The molecular weight excluding hydrogens is 218 g/mol. The van der Waals surface area contributed by atoms with E-state index in [1.54, 1.807) is 18.2 Å². The summed E-state index contributed by atoms with van der Waals surface area (Å²) >= 11 is 0. The van der Waals surface area contributed by atoms with E-state index in [1.807, 2.05) is 0 Å². The molecule has 86 valence electrons. The number of nitrogens with zero attached hydrogens (tertiary/aromatic N) is 3. The first-order valence-corrected chi connectivity index (χ1v) is 5.08.